The van der Waals surface area contributed by atoms with Crippen LogP contribution in [0.15, 0.2) is 131 Å². The number of methoxy groups -OCH3 is 4. The predicted octanol–water partition coefficient (Wildman–Crippen LogP) is 24.6. The molecule has 19 rings (SSSR count). The molecule has 6 aliphatic carbocycles. The quantitative estimate of drug-likeness (QED) is 0.00512. The number of aliphatic hydroxyl groups excluding tert-OH is 1. The molecule has 0 radical (unpaired) electrons. The van der Waals surface area contributed by atoms with E-state index < -0.39 is 67.5 Å². The maximum absolute atomic E-state index is 10.6. The second-order valence-corrected chi connectivity index (χ2v) is 89.3. The fraction of sp³-hybridized carbons (Fsp3) is 0.478. The van der Waals surface area contributed by atoms with Gasteiger partial charge >= 0.3 is 61.7 Å². The van der Waals surface area contributed by atoms with Crippen molar-refractivity contribution in [1.82, 2.24) is 59.8 Å². The van der Waals surface area contributed by atoms with E-state index in [9.17, 15) is 19.2 Å². The standard InChI is InChI=1S/3C15H16ClN5O2.C15H17ClN2O3.C14H15ClN2O3.C14H13ClN2O2.C3H9N3Si.CH3FS.3BrH.In.H2O4S/c3*1-15(8-22-2,20-21-17)12-7-19-14(23-9-3-4-9)11-6-18-13(16)5-10(11)12;1-15(19,8-20-2)12-7-18-14(21-9-3-4-9)11-6-17-13(16)5-10(11)12;1-14(19,7-18)11-6-17-13(20-8-2-3-8)10-5-16-12(15)4-9(10)11;1-14(7-18-14)11-6-17-13(19-8-2-3-8)10-5-16-12(15)4-9(10)11;1-7(2,3)6-5-4;1-3-2;;;;;1-5(2,3)4/h3*5-7,9H,3-4,8H2,1-2H3;5-7,9,19H,3-4,8H2,1-2H3;4-6,8,18-19H,2-3,7H2,1H3;4-6,8H,2-3,7H2,1H3;1-3H3;1H3;3*1H;;(H2,1,2,3,4)/q;;;;;;;;;;;+3;/p-3/t2*15-;;;;;;;;;;;/m10.........../s1. The van der Waals surface area contributed by atoms with Crippen LogP contribution in [0.25, 0.3) is 106 Å². The molecule has 0 bridgehead atoms. The van der Waals surface area contributed by atoms with Crippen LogP contribution in [0.2, 0.25) is 50.6 Å². The second-order valence-electron chi connectivity index (χ2n) is 36.6. The van der Waals surface area contributed by atoms with Gasteiger partial charge in [-0.05, 0) is 231 Å². The Balaban J connectivity index is 0.000000175. The number of ether oxygens (including phenoxy) is 11. The molecule has 12 aromatic rings. The number of epoxide rings is 1. The van der Waals surface area contributed by atoms with Gasteiger partial charge in [0.2, 0.25) is 35.3 Å². The summed E-state index contributed by atoms with van der Waals surface area (Å²) in [5, 5.41) is 53.6. The molecule has 6 saturated carbocycles. The van der Waals surface area contributed by atoms with E-state index in [0.717, 1.165) is 153 Å². The van der Waals surface area contributed by atoms with Gasteiger partial charge in [0.1, 0.15) is 92.6 Å². The van der Waals surface area contributed by atoms with Crippen LogP contribution in [0.1, 0.15) is 152 Å². The van der Waals surface area contributed by atoms with Crippen LogP contribution in [-0.2, 0) is 67.5 Å². The number of hydrogen-bond acceptors (Lipinski definition) is 33. The number of pyridine rings is 12. The molecular formula is C92H107Br3Cl6FInN24O18S2Si. The number of nitrogens with zero attached hydrogens (tertiary/aromatic N) is 24. The number of halogens is 10. The first-order valence-corrected chi connectivity index (χ1v) is 75.9. The molecular weight excluding hydrogens is 2410 g/mol. The zero-order valence-electron chi connectivity index (χ0n) is 82.5. The summed E-state index contributed by atoms with van der Waals surface area (Å²) in [6.07, 6.45) is 35.2. The topological polar surface area (TPSA) is 590 Å². The Hall–Kier alpha value is -8.50. The van der Waals surface area contributed by atoms with Gasteiger partial charge in [-0.3, -0.25) is 9.11 Å². The van der Waals surface area contributed by atoms with Gasteiger partial charge in [-0.15, -0.1) is 4.78 Å². The Morgan fingerprint density at radius 1 is 0.419 bits per heavy atom. The van der Waals surface area contributed by atoms with Gasteiger partial charge in [-0.25, -0.2) is 59.8 Å². The van der Waals surface area contributed by atoms with Gasteiger partial charge in [0.15, 0.2) is 0 Å². The number of rotatable bonds is 31. The van der Waals surface area contributed by atoms with Gasteiger partial charge in [0, 0.05) is 153 Å². The van der Waals surface area contributed by atoms with Crippen molar-refractivity contribution in [2.45, 2.75) is 208 Å². The van der Waals surface area contributed by atoms with Gasteiger partial charge < -0.3 is 67.4 Å². The maximum atomic E-state index is 10.6. The summed E-state index contributed by atoms with van der Waals surface area (Å²) in [5.74, 6) is 3.25. The summed E-state index contributed by atoms with van der Waals surface area (Å²) >= 11 is 45.1. The molecule has 12 aromatic heterocycles. The van der Waals surface area contributed by atoms with Gasteiger partial charge in [-0.1, -0.05) is 105 Å². The molecule has 148 heavy (non-hydrogen) atoms. The predicted molar refractivity (Wildman–Crippen MR) is 580 cm³/mol. The molecule has 0 spiro atoms. The number of azide groups is 4. The van der Waals surface area contributed by atoms with Crippen molar-refractivity contribution >= 4 is 216 Å². The van der Waals surface area contributed by atoms with Crippen LogP contribution in [0, 0.1) is 0 Å². The van der Waals surface area contributed by atoms with E-state index in [-0.39, 0.29) is 74.7 Å². The van der Waals surface area contributed by atoms with E-state index in [4.69, 9.17) is 161 Å². The molecule has 7 fully saturated rings. The number of aliphatic hydroxyl groups is 3. The van der Waals surface area contributed by atoms with Crippen LogP contribution in [0.5, 0.6) is 35.3 Å². The first kappa shape index (κ1) is 121. The number of fused-ring (bicyclic) bond motifs is 6. The second kappa shape index (κ2) is 54.8. The molecule has 5 N–H and O–H groups in total. The monoisotopic (exact) mass is 2510 g/mol. The molecule has 4 unspecified atom stereocenters. The molecule has 7 aliphatic rings. The Morgan fingerprint density at radius 2 is 0.628 bits per heavy atom. The minimum atomic E-state index is -4.67. The Morgan fingerprint density at radius 3 is 0.824 bits per heavy atom. The van der Waals surface area contributed by atoms with Crippen molar-refractivity contribution < 1.29 is 88.8 Å². The van der Waals surface area contributed by atoms with Crippen molar-refractivity contribution in [2.24, 2.45) is 20.1 Å². The average Bonchev–Trinajstić information content (AvgIpc) is 1.59. The number of aromatic nitrogens is 12. The molecule has 0 aromatic carbocycles. The normalized spacial score (nSPS) is 17.2. The molecule has 792 valence electrons. The third kappa shape index (κ3) is 36.3. The summed E-state index contributed by atoms with van der Waals surface area (Å²) in [7, 11) is 0.0956. The average molecular weight is 2520 g/mol. The first-order chi connectivity index (χ1) is 70.1. The van der Waals surface area contributed by atoms with Crippen molar-refractivity contribution in [3.63, 3.8) is 0 Å². The molecule has 13 heterocycles. The summed E-state index contributed by atoms with van der Waals surface area (Å²) in [6, 6.07) is 10.4. The van der Waals surface area contributed by atoms with Gasteiger partial charge in [0.25, 0.3) is 0 Å². The Labute approximate surface area is 911 Å². The fourth-order valence-corrected chi connectivity index (χ4v) is 15.4. The number of hydrogen-bond donors (Lipinski definition) is 5. The van der Waals surface area contributed by atoms with Crippen LogP contribution < -0.4 is 28.4 Å². The van der Waals surface area contributed by atoms with Gasteiger partial charge in [-0.2, -0.15) is 12.3 Å². The molecule has 1 saturated heterocycles. The summed E-state index contributed by atoms with van der Waals surface area (Å²) in [5.41, 5.74) is 33.5. The van der Waals surface area contributed by atoms with Crippen LogP contribution >= 0.6 is 119 Å². The van der Waals surface area contributed by atoms with Crippen molar-refractivity contribution in [1.29, 1.82) is 0 Å². The zero-order valence-corrected chi connectivity index (χ0v) is 97.8. The third-order valence-corrected chi connectivity index (χ3v) is 24.2. The van der Waals surface area contributed by atoms with Crippen molar-refractivity contribution in [3.8, 4) is 35.3 Å². The van der Waals surface area contributed by atoms with E-state index in [1.807, 2.05) is 31.9 Å². The van der Waals surface area contributed by atoms with E-state index in [0.29, 0.717) is 101 Å². The van der Waals surface area contributed by atoms with Crippen LogP contribution in [-0.4, -0.2) is 226 Å². The van der Waals surface area contributed by atoms with E-state index >= 15 is 0 Å². The molecule has 0 amide bonds. The summed E-state index contributed by atoms with van der Waals surface area (Å²) in [6.45, 7) is 17.7. The van der Waals surface area contributed by atoms with Crippen molar-refractivity contribution in [2.75, 3.05) is 74.3 Å². The van der Waals surface area contributed by atoms with Crippen LogP contribution in [0.3, 0.4) is 0 Å². The summed E-state index contributed by atoms with van der Waals surface area (Å²) in [4.78, 5) is 62.4. The molecule has 1 aliphatic heterocycles. The van der Waals surface area contributed by atoms with E-state index in [1.54, 1.807) is 148 Å². The Bertz CT molecular complexity index is 6670. The molecule has 42 nitrogen and oxygen atoms in total. The third-order valence-electron chi connectivity index (χ3n) is 22.2. The van der Waals surface area contributed by atoms with E-state index in [1.165, 1.54) is 19.4 Å². The molecule has 56 heteroatoms. The van der Waals surface area contributed by atoms with Crippen LogP contribution in [0.4, 0.5) is 3.89 Å². The zero-order chi connectivity index (χ0) is 108. The van der Waals surface area contributed by atoms with Crippen molar-refractivity contribution in [3.05, 3.63) is 217 Å². The first-order valence-electron chi connectivity index (χ1n) is 45.5. The summed E-state index contributed by atoms with van der Waals surface area (Å²) < 4.78 is 107. The SMILES string of the molecule is CC(O)(CO)c1cnc(OC2CC2)c2cnc(Cl)cc12.CC1(c2cnc(OC3CC3)c3cnc(Cl)cc23)CO1.COCC(C)(N=[N+]=[N-])c1cnc(OC2CC2)c2cnc(Cl)cc12.COCC(C)(O)c1cnc(OC2CC2)c2cnc(Cl)cc12.COC[C@@](C)(N=[N+]=[N-])c1cnc(OC2CC2)c2cnc(Cl)cc12.COC[C@](C)(N=[N+]=[N-])c1cnc(OC2CC2)c2cnc(Cl)cc12.CSF.C[Si](C)(C)N=[N+]=[N-].O=S(=O)(O)O.[Br][In]([Br])[Br]. The fourth-order valence-electron chi connectivity index (χ4n) is 14.2. The minimum absolute atomic E-state index is 0.159. The Kier molecular flexibility index (Phi) is 45.0. The van der Waals surface area contributed by atoms with E-state index in [2.05, 4.69) is 143 Å². The van der Waals surface area contributed by atoms with Gasteiger partial charge in [0.05, 0.1) is 88.6 Å². The molecule has 6 atom stereocenters.